The number of hydrogen-bond donors (Lipinski definition) is 1. The highest BCUT2D eigenvalue weighted by Crippen LogP contribution is 2.34. The van der Waals surface area contributed by atoms with Crippen molar-refractivity contribution in [3.05, 3.63) is 53.8 Å². The largest absolute Gasteiger partial charge is 0.326 e. The third-order valence-corrected chi connectivity index (χ3v) is 7.63. The number of nitrogens with one attached hydrogen (secondary N) is 1. The van der Waals surface area contributed by atoms with Crippen LogP contribution >= 0.6 is 0 Å². The molecule has 0 aromatic heterocycles. The van der Waals surface area contributed by atoms with E-state index in [4.69, 9.17) is 0 Å². The molecular weight excluding hydrogens is 391 g/mol. The van der Waals surface area contributed by atoms with Gasteiger partial charge >= 0.3 is 0 Å². The van der Waals surface area contributed by atoms with Crippen molar-refractivity contribution in [2.75, 3.05) is 16.2 Å². The Morgan fingerprint density at radius 1 is 1.00 bits per heavy atom. The van der Waals surface area contributed by atoms with Crippen LogP contribution in [0.25, 0.3) is 0 Å². The molecule has 0 unspecified atom stereocenters. The molecule has 1 amide bonds. The Morgan fingerprint density at radius 2 is 1.72 bits per heavy atom. The quantitative estimate of drug-likeness (QED) is 0.799. The van der Waals surface area contributed by atoms with Gasteiger partial charge in [-0.2, -0.15) is 0 Å². The van der Waals surface area contributed by atoms with Crippen molar-refractivity contribution < 1.29 is 17.6 Å². The molecule has 1 saturated carbocycles. The molecular formula is C22H25FN2O3S. The lowest BCUT2D eigenvalue weighted by molar-refractivity contribution is -0.120. The smallest absolute Gasteiger partial charge is 0.264 e. The first-order valence-corrected chi connectivity index (χ1v) is 11.6. The Kier molecular flexibility index (Phi) is 5.58. The van der Waals surface area contributed by atoms with Crippen LogP contribution in [0.5, 0.6) is 0 Å². The lowest BCUT2D eigenvalue weighted by Gasteiger charge is -2.31. The van der Waals surface area contributed by atoms with Crippen molar-refractivity contribution in [3.63, 3.8) is 0 Å². The van der Waals surface area contributed by atoms with Crippen LogP contribution in [-0.2, 0) is 21.2 Å². The minimum atomic E-state index is -3.80. The maximum atomic E-state index is 13.2. The lowest BCUT2D eigenvalue weighted by atomic mass is 9.88. The van der Waals surface area contributed by atoms with Gasteiger partial charge in [0.05, 0.1) is 10.6 Å². The van der Waals surface area contributed by atoms with Crippen molar-refractivity contribution in [1.82, 2.24) is 0 Å². The van der Waals surface area contributed by atoms with Crippen LogP contribution < -0.4 is 9.62 Å². The number of carbonyl (C=O) groups is 1. The highest BCUT2D eigenvalue weighted by atomic mass is 32.2. The van der Waals surface area contributed by atoms with Gasteiger partial charge in [-0.1, -0.05) is 25.3 Å². The maximum Gasteiger partial charge on any atom is 0.264 e. The number of amides is 1. The summed E-state index contributed by atoms with van der Waals surface area (Å²) in [5, 5.41) is 2.97. The van der Waals surface area contributed by atoms with Gasteiger partial charge in [0.2, 0.25) is 5.91 Å². The molecule has 0 atom stereocenters. The number of halogens is 1. The Balaban J connectivity index is 1.61. The Hall–Kier alpha value is -2.41. The van der Waals surface area contributed by atoms with Gasteiger partial charge in [0.25, 0.3) is 10.0 Å². The summed E-state index contributed by atoms with van der Waals surface area (Å²) in [5.41, 5.74) is 2.13. The number of nitrogens with zero attached hydrogens (tertiary/aromatic N) is 1. The van der Waals surface area contributed by atoms with Crippen LogP contribution in [0.2, 0.25) is 0 Å². The molecule has 2 aromatic carbocycles. The van der Waals surface area contributed by atoms with E-state index in [0.717, 1.165) is 49.8 Å². The van der Waals surface area contributed by atoms with E-state index in [-0.39, 0.29) is 16.7 Å². The molecule has 1 fully saturated rings. The summed E-state index contributed by atoms with van der Waals surface area (Å²) in [6.45, 7) is 0.354. The van der Waals surface area contributed by atoms with Crippen molar-refractivity contribution in [3.8, 4) is 0 Å². The van der Waals surface area contributed by atoms with Crippen LogP contribution in [0.3, 0.4) is 0 Å². The molecule has 2 aromatic rings. The molecule has 0 radical (unpaired) electrons. The average molecular weight is 417 g/mol. The second-order valence-corrected chi connectivity index (χ2v) is 9.66. The molecule has 1 aliphatic heterocycles. The fraction of sp³-hybridized carbons (Fsp3) is 0.409. The van der Waals surface area contributed by atoms with Crippen LogP contribution in [0.15, 0.2) is 47.4 Å². The molecule has 1 aliphatic carbocycles. The average Bonchev–Trinajstić information content (AvgIpc) is 2.74. The zero-order valence-corrected chi connectivity index (χ0v) is 17.1. The minimum absolute atomic E-state index is 0.00778. The number of carbonyl (C=O) groups excluding carboxylic acids is 1. The Bertz CT molecular complexity index is 999. The van der Waals surface area contributed by atoms with Gasteiger partial charge in [-0.05, 0) is 67.6 Å². The highest BCUT2D eigenvalue weighted by molar-refractivity contribution is 7.92. The van der Waals surface area contributed by atoms with E-state index in [1.54, 1.807) is 6.07 Å². The van der Waals surface area contributed by atoms with E-state index in [1.807, 2.05) is 12.1 Å². The van der Waals surface area contributed by atoms with Crippen molar-refractivity contribution >= 4 is 27.3 Å². The zero-order chi connectivity index (χ0) is 20.4. The summed E-state index contributed by atoms with van der Waals surface area (Å²) in [5.74, 6) is -0.442. The first kappa shape index (κ1) is 19.9. The van der Waals surface area contributed by atoms with E-state index in [1.165, 1.54) is 22.9 Å². The highest BCUT2D eigenvalue weighted by Gasteiger charge is 2.30. The normalized spacial score (nSPS) is 17.6. The van der Waals surface area contributed by atoms with Gasteiger partial charge in [0.15, 0.2) is 0 Å². The number of benzene rings is 2. The SMILES string of the molecule is O=C(Nc1ccc2c(c1)N(S(=O)(=O)c1ccc(F)cc1)CCC2)C1CCCCC1. The second-order valence-electron chi connectivity index (χ2n) is 7.80. The summed E-state index contributed by atoms with van der Waals surface area (Å²) in [6.07, 6.45) is 6.63. The molecule has 5 nitrogen and oxygen atoms in total. The van der Waals surface area contributed by atoms with Gasteiger partial charge in [-0.3, -0.25) is 9.10 Å². The number of aryl methyl sites for hydroxylation is 1. The molecule has 7 heteroatoms. The molecule has 154 valence electrons. The molecule has 2 aliphatic rings. The standard InChI is InChI=1S/C22H25FN2O3S/c23-18-9-12-20(13-10-18)29(27,28)25-14-4-7-16-8-11-19(15-21(16)25)24-22(26)17-5-2-1-3-6-17/h8-13,15,17H,1-7,14H2,(H,24,26). The summed E-state index contributed by atoms with van der Waals surface area (Å²) in [6, 6.07) is 10.3. The number of rotatable bonds is 4. The van der Waals surface area contributed by atoms with Crippen LogP contribution in [0.1, 0.15) is 44.1 Å². The monoisotopic (exact) mass is 416 g/mol. The fourth-order valence-electron chi connectivity index (χ4n) is 4.21. The van der Waals surface area contributed by atoms with Crippen LogP contribution in [0.4, 0.5) is 15.8 Å². The molecule has 1 N–H and O–H groups in total. The maximum absolute atomic E-state index is 13.2. The number of sulfonamides is 1. The molecule has 29 heavy (non-hydrogen) atoms. The third kappa shape index (κ3) is 4.15. The fourth-order valence-corrected chi connectivity index (χ4v) is 5.74. The molecule has 0 spiro atoms. The van der Waals surface area contributed by atoms with Gasteiger partial charge < -0.3 is 5.32 Å². The van der Waals surface area contributed by atoms with Crippen molar-refractivity contribution in [2.45, 2.75) is 49.8 Å². The van der Waals surface area contributed by atoms with E-state index in [0.29, 0.717) is 24.3 Å². The first-order chi connectivity index (χ1) is 13.9. The van der Waals surface area contributed by atoms with Crippen LogP contribution in [0, 0.1) is 11.7 Å². The number of anilines is 2. The van der Waals surface area contributed by atoms with Gasteiger partial charge in [0, 0.05) is 18.2 Å². The zero-order valence-electron chi connectivity index (χ0n) is 16.2. The van der Waals surface area contributed by atoms with E-state index in [2.05, 4.69) is 5.32 Å². The predicted octanol–water partition coefficient (Wildman–Crippen LogP) is 4.49. The molecule has 0 bridgehead atoms. The Labute approximate surface area is 171 Å². The summed E-state index contributed by atoms with van der Waals surface area (Å²) in [7, 11) is -3.80. The van der Waals surface area contributed by atoms with Gasteiger partial charge in [-0.15, -0.1) is 0 Å². The van der Waals surface area contributed by atoms with Crippen molar-refractivity contribution in [2.24, 2.45) is 5.92 Å². The van der Waals surface area contributed by atoms with E-state index < -0.39 is 15.8 Å². The Morgan fingerprint density at radius 3 is 2.45 bits per heavy atom. The lowest BCUT2D eigenvalue weighted by Crippen LogP contribution is -2.35. The van der Waals surface area contributed by atoms with Gasteiger partial charge in [-0.25, -0.2) is 12.8 Å². The minimum Gasteiger partial charge on any atom is -0.326 e. The second kappa shape index (κ2) is 8.14. The van der Waals surface area contributed by atoms with Gasteiger partial charge in [0.1, 0.15) is 5.82 Å². The number of fused-ring (bicyclic) bond motifs is 1. The van der Waals surface area contributed by atoms with Crippen LogP contribution in [-0.4, -0.2) is 20.9 Å². The molecule has 1 heterocycles. The summed E-state index contributed by atoms with van der Waals surface area (Å²) >= 11 is 0. The summed E-state index contributed by atoms with van der Waals surface area (Å²) in [4.78, 5) is 12.6. The van der Waals surface area contributed by atoms with E-state index >= 15 is 0 Å². The summed E-state index contributed by atoms with van der Waals surface area (Å²) < 4.78 is 40.9. The first-order valence-electron chi connectivity index (χ1n) is 10.2. The topological polar surface area (TPSA) is 66.5 Å². The van der Waals surface area contributed by atoms with E-state index in [9.17, 15) is 17.6 Å². The third-order valence-electron chi connectivity index (χ3n) is 5.81. The number of hydrogen-bond acceptors (Lipinski definition) is 3. The molecule has 4 rings (SSSR count). The molecule has 0 saturated heterocycles. The van der Waals surface area contributed by atoms with Crippen molar-refractivity contribution in [1.29, 1.82) is 0 Å². The predicted molar refractivity (Wildman–Crippen MR) is 111 cm³/mol.